The van der Waals surface area contributed by atoms with E-state index < -0.39 is 0 Å². The fourth-order valence-electron chi connectivity index (χ4n) is 1.97. The number of carbonyl (C=O) groups excluding carboxylic acids is 1. The van der Waals surface area contributed by atoms with Crippen LogP contribution in [0.15, 0.2) is 0 Å². The van der Waals surface area contributed by atoms with E-state index in [1.54, 1.807) is 0 Å². The molecule has 3 N–H and O–H groups in total. The maximum atomic E-state index is 11.7. The summed E-state index contributed by atoms with van der Waals surface area (Å²) in [5.74, 6) is 0.00146. The minimum absolute atomic E-state index is 0.00146. The van der Waals surface area contributed by atoms with Crippen LogP contribution in [0.5, 0.6) is 0 Å². The third-order valence-corrected chi connectivity index (χ3v) is 3.82. The van der Waals surface area contributed by atoms with Crippen molar-refractivity contribution < 1.29 is 4.79 Å². The molecule has 0 fully saturated rings. The topological polar surface area (TPSA) is 55.1 Å². The van der Waals surface area contributed by atoms with Gasteiger partial charge in [-0.15, -0.1) is 0 Å². The molecule has 0 saturated heterocycles. The molecule has 0 aromatic heterocycles. The van der Waals surface area contributed by atoms with Gasteiger partial charge in [0.15, 0.2) is 0 Å². The lowest BCUT2D eigenvalue weighted by molar-refractivity contribution is -0.123. The second-order valence-electron chi connectivity index (χ2n) is 4.67. The van der Waals surface area contributed by atoms with Gasteiger partial charge in [0, 0.05) is 6.54 Å². The van der Waals surface area contributed by atoms with Gasteiger partial charge in [0.2, 0.25) is 5.91 Å². The molecule has 0 aromatic carbocycles. The molecule has 0 bridgehead atoms. The summed E-state index contributed by atoms with van der Waals surface area (Å²) in [5, 5.41) is 3.00. The van der Waals surface area contributed by atoms with Crippen LogP contribution in [-0.2, 0) is 4.79 Å². The highest BCUT2D eigenvalue weighted by Crippen LogP contribution is 2.29. The predicted octanol–water partition coefficient (Wildman–Crippen LogP) is 2.45. The molecule has 3 heteroatoms. The Morgan fingerprint density at radius 3 is 2.06 bits per heavy atom. The Hall–Kier alpha value is -0.570. The first-order valence-electron chi connectivity index (χ1n) is 6.58. The summed E-state index contributed by atoms with van der Waals surface area (Å²) in [5.41, 5.74) is 6.02. The predicted molar refractivity (Wildman–Crippen MR) is 69.2 cm³/mol. The average molecular weight is 228 g/mol. The first kappa shape index (κ1) is 15.4. The normalized spacial score (nSPS) is 13.6. The van der Waals surface area contributed by atoms with Crippen molar-refractivity contribution in [3.8, 4) is 0 Å². The van der Waals surface area contributed by atoms with Gasteiger partial charge in [-0.3, -0.25) is 4.79 Å². The standard InChI is InChI=1S/C13H28N2O/c1-5-9-11(14)12(16)15-10-13(6-2,7-3)8-4/h11H,5-10,14H2,1-4H3,(H,15,16). The van der Waals surface area contributed by atoms with Gasteiger partial charge in [0.25, 0.3) is 0 Å². The van der Waals surface area contributed by atoms with Gasteiger partial charge in [0.1, 0.15) is 0 Å². The molecule has 0 aliphatic heterocycles. The Balaban J connectivity index is 4.15. The maximum absolute atomic E-state index is 11.7. The number of nitrogens with one attached hydrogen (secondary N) is 1. The maximum Gasteiger partial charge on any atom is 0.236 e. The van der Waals surface area contributed by atoms with E-state index in [-0.39, 0.29) is 17.4 Å². The second-order valence-corrected chi connectivity index (χ2v) is 4.67. The number of nitrogens with two attached hydrogens (primary N) is 1. The van der Waals surface area contributed by atoms with Crippen molar-refractivity contribution in [1.29, 1.82) is 0 Å². The van der Waals surface area contributed by atoms with E-state index in [4.69, 9.17) is 5.73 Å². The Labute approximate surface area is 100 Å². The van der Waals surface area contributed by atoms with Crippen LogP contribution in [0.25, 0.3) is 0 Å². The molecule has 0 heterocycles. The fraction of sp³-hybridized carbons (Fsp3) is 0.923. The van der Waals surface area contributed by atoms with E-state index in [9.17, 15) is 4.79 Å². The van der Waals surface area contributed by atoms with E-state index in [1.807, 2.05) is 6.92 Å². The first-order chi connectivity index (χ1) is 7.55. The van der Waals surface area contributed by atoms with Crippen LogP contribution < -0.4 is 11.1 Å². The highest BCUT2D eigenvalue weighted by Gasteiger charge is 2.25. The summed E-state index contributed by atoms with van der Waals surface area (Å²) in [6.45, 7) is 9.36. The van der Waals surface area contributed by atoms with Crippen LogP contribution in [0.3, 0.4) is 0 Å². The Kier molecular flexibility index (Phi) is 7.39. The zero-order valence-corrected chi connectivity index (χ0v) is 11.3. The summed E-state index contributed by atoms with van der Waals surface area (Å²) in [4.78, 5) is 11.7. The van der Waals surface area contributed by atoms with Crippen molar-refractivity contribution in [2.45, 2.75) is 65.8 Å². The molecular formula is C13H28N2O. The molecule has 16 heavy (non-hydrogen) atoms. The van der Waals surface area contributed by atoms with Gasteiger partial charge < -0.3 is 11.1 Å². The fourth-order valence-corrected chi connectivity index (χ4v) is 1.97. The van der Waals surface area contributed by atoms with Crippen molar-refractivity contribution >= 4 is 5.91 Å². The van der Waals surface area contributed by atoms with Crippen LogP contribution in [0.1, 0.15) is 59.8 Å². The van der Waals surface area contributed by atoms with Crippen LogP contribution in [-0.4, -0.2) is 18.5 Å². The Morgan fingerprint density at radius 1 is 1.19 bits per heavy atom. The van der Waals surface area contributed by atoms with Gasteiger partial charge in [-0.2, -0.15) is 0 Å². The van der Waals surface area contributed by atoms with Crippen molar-refractivity contribution in [2.24, 2.45) is 11.1 Å². The number of rotatable bonds is 8. The van der Waals surface area contributed by atoms with Gasteiger partial charge in [-0.05, 0) is 31.1 Å². The van der Waals surface area contributed by atoms with Gasteiger partial charge in [-0.25, -0.2) is 0 Å². The largest absolute Gasteiger partial charge is 0.354 e. The van der Waals surface area contributed by atoms with Gasteiger partial charge in [0.05, 0.1) is 6.04 Å². The smallest absolute Gasteiger partial charge is 0.236 e. The van der Waals surface area contributed by atoms with Crippen LogP contribution in [0.4, 0.5) is 0 Å². The van der Waals surface area contributed by atoms with E-state index in [2.05, 4.69) is 26.1 Å². The van der Waals surface area contributed by atoms with E-state index >= 15 is 0 Å². The molecular weight excluding hydrogens is 200 g/mol. The second kappa shape index (κ2) is 7.66. The lowest BCUT2D eigenvalue weighted by Crippen LogP contribution is -2.45. The minimum atomic E-state index is -0.340. The van der Waals surface area contributed by atoms with Crippen molar-refractivity contribution in [1.82, 2.24) is 5.32 Å². The van der Waals surface area contributed by atoms with E-state index in [0.717, 1.165) is 38.6 Å². The summed E-state index contributed by atoms with van der Waals surface area (Å²) >= 11 is 0. The quantitative estimate of drug-likeness (QED) is 0.670. The Bertz CT molecular complexity index is 192. The van der Waals surface area contributed by atoms with E-state index in [1.165, 1.54) is 0 Å². The highest BCUT2D eigenvalue weighted by atomic mass is 16.2. The summed E-state index contributed by atoms with van der Waals surface area (Å²) in [7, 11) is 0. The molecule has 0 radical (unpaired) electrons. The lowest BCUT2D eigenvalue weighted by Gasteiger charge is -2.31. The Morgan fingerprint density at radius 2 is 1.69 bits per heavy atom. The first-order valence-corrected chi connectivity index (χ1v) is 6.58. The number of hydrogen-bond acceptors (Lipinski definition) is 2. The molecule has 1 atom stereocenters. The number of amides is 1. The van der Waals surface area contributed by atoms with Crippen molar-refractivity contribution in [2.75, 3.05) is 6.54 Å². The molecule has 3 nitrogen and oxygen atoms in total. The molecule has 1 amide bonds. The van der Waals surface area contributed by atoms with Crippen LogP contribution in [0.2, 0.25) is 0 Å². The van der Waals surface area contributed by atoms with Crippen molar-refractivity contribution in [3.05, 3.63) is 0 Å². The molecule has 0 aromatic rings. The average Bonchev–Trinajstić information content (AvgIpc) is 2.31. The molecule has 0 spiro atoms. The monoisotopic (exact) mass is 228 g/mol. The molecule has 96 valence electrons. The SMILES string of the molecule is CCCC(N)C(=O)NCC(CC)(CC)CC. The summed E-state index contributed by atoms with van der Waals surface area (Å²) < 4.78 is 0. The van der Waals surface area contributed by atoms with E-state index in [0.29, 0.717) is 0 Å². The summed E-state index contributed by atoms with van der Waals surface area (Å²) in [6, 6.07) is -0.340. The number of carbonyl (C=O) groups is 1. The third kappa shape index (κ3) is 4.52. The highest BCUT2D eigenvalue weighted by molar-refractivity contribution is 5.81. The van der Waals surface area contributed by atoms with Crippen LogP contribution in [0, 0.1) is 5.41 Å². The van der Waals surface area contributed by atoms with Gasteiger partial charge >= 0.3 is 0 Å². The lowest BCUT2D eigenvalue weighted by atomic mass is 9.80. The zero-order chi connectivity index (χ0) is 12.6. The minimum Gasteiger partial charge on any atom is -0.354 e. The zero-order valence-electron chi connectivity index (χ0n) is 11.3. The number of hydrogen-bond donors (Lipinski definition) is 2. The third-order valence-electron chi connectivity index (χ3n) is 3.82. The molecule has 0 aliphatic rings. The molecule has 0 saturated carbocycles. The van der Waals surface area contributed by atoms with Crippen molar-refractivity contribution in [3.63, 3.8) is 0 Å². The van der Waals surface area contributed by atoms with Crippen LogP contribution >= 0.6 is 0 Å². The molecule has 0 aliphatic carbocycles. The van der Waals surface area contributed by atoms with Gasteiger partial charge in [-0.1, -0.05) is 34.1 Å². The molecule has 1 unspecified atom stereocenters. The summed E-state index contributed by atoms with van der Waals surface area (Å²) in [6.07, 6.45) is 5.02. The molecule has 0 rings (SSSR count).